The largest absolute Gasteiger partial charge is 0.340 e. The SMILES string of the molecule is CCCCN(C)C(=O)c1n[nH]c2c1CNCC2.Cl. The van der Waals surface area contributed by atoms with Gasteiger partial charge in [0.1, 0.15) is 0 Å². The first kappa shape index (κ1) is 15.0. The summed E-state index contributed by atoms with van der Waals surface area (Å²) in [6, 6.07) is 0. The average molecular weight is 273 g/mol. The summed E-state index contributed by atoms with van der Waals surface area (Å²) in [7, 11) is 1.84. The molecule has 0 saturated carbocycles. The molecular formula is C12H21ClN4O. The molecule has 1 aromatic rings. The molecule has 1 aliphatic heterocycles. The van der Waals surface area contributed by atoms with Gasteiger partial charge in [0.25, 0.3) is 5.91 Å². The van der Waals surface area contributed by atoms with Gasteiger partial charge in [-0.05, 0) is 6.42 Å². The lowest BCUT2D eigenvalue weighted by Gasteiger charge is -2.17. The number of carbonyl (C=O) groups excluding carboxylic acids is 1. The van der Waals surface area contributed by atoms with Crippen LogP contribution in [0.1, 0.15) is 41.5 Å². The lowest BCUT2D eigenvalue weighted by molar-refractivity contribution is 0.0786. The Labute approximate surface area is 114 Å². The maximum absolute atomic E-state index is 12.2. The number of fused-ring (bicyclic) bond motifs is 1. The van der Waals surface area contributed by atoms with Crippen LogP contribution in [-0.2, 0) is 13.0 Å². The molecule has 0 spiro atoms. The first-order valence-corrected chi connectivity index (χ1v) is 6.26. The van der Waals surface area contributed by atoms with Gasteiger partial charge in [0.05, 0.1) is 0 Å². The fourth-order valence-electron chi connectivity index (χ4n) is 2.08. The van der Waals surface area contributed by atoms with E-state index in [4.69, 9.17) is 0 Å². The van der Waals surface area contributed by atoms with Crippen molar-refractivity contribution in [2.75, 3.05) is 20.1 Å². The van der Waals surface area contributed by atoms with Crippen LogP contribution in [0.25, 0.3) is 0 Å². The van der Waals surface area contributed by atoms with Crippen molar-refractivity contribution in [3.63, 3.8) is 0 Å². The predicted molar refractivity (Wildman–Crippen MR) is 73.1 cm³/mol. The van der Waals surface area contributed by atoms with Crippen LogP contribution in [0.2, 0.25) is 0 Å². The van der Waals surface area contributed by atoms with Crippen LogP contribution in [0, 0.1) is 0 Å². The smallest absolute Gasteiger partial charge is 0.274 e. The summed E-state index contributed by atoms with van der Waals surface area (Å²) < 4.78 is 0. The molecule has 1 aliphatic rings. The van der Waals surface area contributed by atoms with Crippen LogP contribution in [-0.4, -0.2) is 41.1 Å². The summed E-state index contributed by atoms with van der Waals surface area (Å²) in [5, 5.41) is 10.4. The fraction of sp³-hybridized carbons (Fsp3) is 0.667. The molecule has 1 aromatic heterocycles. The summed E-state index contributed by atoms with van der Waals surface area (Å²) in [6.45, 7) is 4.62. The number of unbranched alkanes of at least 4 members (excludes halogenated alkanes) is 1. The van der Waals surface area contributed by atoms with Crippen molar-refractivity contribution in [2.24, 2.45) is 0 Å². The van der Waals surface area contributed by atoms with Crippen LogP contribution in [0.3, 0.4) is 0 Å². The van der Waals surface area contributed by atoms with Crippen LogP contribution >= 0.6 is 12.4 Å². The van der Waals surface area contributed by atoms with E-state index in [1.807, 2.05) is 7.05 Å². The van der Waals surface area contributed by atoms with Crippen LogP contribution in [0.15, 0.2) is 0 Å². The van der Waals surface area contributed by atoms with Crippen molar-refractivity contribution in [1.82, 2.24) is 20.4 Å². The molecule has 18 heavy (non-hydrogen) atoms. The third kappa shape index (κ3) is 3.03. The van der Waals surface area contributed by atoms with Crippen molar-refractivity contribution in [2.45, 2.75) is 32.7 Å². The third-order valence-corrected chi connectivity index (χ3v) is 3.20. The molecule has 2 rings (SSSR count). The summed E-state index contributed by atoms with van der Waals surface area (Å²) in [4.78, 5) is 14.0. The van der Waals surface area contributed by atoms with Crippen LogP contribution in [0.5, 0.6) is 0 Å². The molecule has 2 heterocycles. The van der Waals surface area contributed by atoms with Gasteiger partial charge in [-0.3, -0.25) is 9.89 Å². The van der Waals surface area contributed by atoms with E-state index in [0.29, 0.717) is 5.69 Å². The van der Waals surface area contributed by atoms with Gasteiger partial charge in [-0.2, -0.15) is 5.10 Å². The van der Waals surface area contributed by atoms with Gasteiger partial charge in [0.2, 0.25) is 0 Å². The standard InChI is InChI=1S/C12H20N4O.ClH/c1-3-4-7-16(2)12(17)11-9-8-13-6-5-10(9)14-15-11;/h13H,3-8H2,1-2H3,(H,14,15);1H. The number of carbonyl (C=O) groups is 1. The zero-order valence-corrected chi connectivity index (χ0v) is 11.8. The van der Waals surface area contributed by atoms with Gasteiger partial charge in [0, 0.05) is 44.4 Å². The van der Waals surface area contributed by atoms with E-state index >= 15 is 0 Å². The Bertz CT molecular complexity index is 405. The Kier molecular flexibility index (Phi) is 5.62. The van der Waals surface area contributed by atoms with E-state index in [9.17, 15) is 4.79 Å². The van der Waals surface area contributed by atoms with Crippen molar-refractivity contribution in [3.05, 3.63) is 17.0 Å². The Morgan fingerprint density at radius 3 is 3.00 bits per heavy atom. The first-order chi connectivity index (χ1) is 8.24. The van der Waals surface area contributed by atoms with Crippen molar-refractivity contribution >= 4 is 18.3 Å². The van der Waals surface area contributed by atoms with E-state index in [0.717, 1.165) is 50.2 Å². The number of nitrogens with one attached hydrogen (secondary N) is 2. The highest BCUT2D eigenvalue weighted by molar-refractivity contribution is 5.93. The number of aromatic amines is 1. The zero-order valence-electron chi connectivity index (χ0n) is 11.0. The highest BCUT2D eigenvalue weighted by atomic mass is 35.5. The Hall–Kier alpha value is -1.07. The molecule has 0 unspecified atom stereocenters. The molecule has 2 N–H and O–H groups in total. The number of hydrogen-bond acceptors (Lipinski definition) is 3. The van der Waals surface area contributed by atoms with Crippen molar-refractivity contribution in [1.29, 1.82) is 0 Å². The Morgan fingerprint density at radius 1 is 1.50 bits per heavy atom. The second-order valence-corrected chi connectivity index (χ2v) is 4.54. The van der Waals surface area contributed by atoms with Gasteiger partial charge >= 0.3 is 0 Å². The Morgan fingerprint density at radius 2 is 2.28 bits per heavy atom. The highest BCUT2D eigenvalue weighted by Crippen LogP contribution is 2.16. The quantitative estimate of drug-likeness (QED) is 0.870. The number of rotatable bonds is 4. The van der Waals surface area contributed by atoms with E-state index in [1.165, 1.54) is 0 Å². The minimum atomic E-state index is 0. The molecule has 0 radical (unpaired) electrons. The molecule has 0 aliphatic carbocycles. The molecule has 6 heteroatoms. The molecule has 0 atom stereocenters. The number of hydrogen-bond donors (Lipinski definition) is 2. The maximum Gasteiger partial charge on any atom is 0.274 e. The first-order valence-electron chi connectivity index (χ1n) is 6.26. The van der Waals surface area contributed by atoms with Gasteiger partial charge < -0.3 is 10.2 Å². The normalized spacial score (nSPS) is 13.7. The van der Waals surface area contributed by atoms with Gasteiger partial charge in [-0.15, -0.1) is 12.4 Å². The minimum absolute atomic E-state index is 0. The number of aromatic nitrogens is 2. The lowest BCUT2D eigenvalue weighted by Crippen LogP contribution is -2.30. The molecule has 0 saturated heterocycles. The average Bonchev–Trinajstić information content (AvgIpc) is 2.78. The lowest BCUT2D eigenvalue weighted by atomic mass is 10.1. The van der Waals surface area contributed by atoms with Gasteiger partial charge in [-0.25, -0.2) is 0 Å². The van der Waals surface area contributed by atoms with Crippen LogP contribution in [0.4, 0.5) is 0 Å². The van der Waals surface area contributed by atoms with E-state index < -0.39 is 0 Å². The highest BCUT2D eigenvalue weighted by Gasteiger charge is 2.23. The predicted octanol–water partition coefficient (Wildman–Crippen LogP) is 1.35. The number of nitrogens with zero attached hydrogens (tertiary/aromatic N) is 2. The second kappa shape index (κ2) is 6.75. The molecule has 102 valence electrons. The van der Waals surface area contributed by atoms with E-state index in [2.05, 4.69) is 22.4 Å². The fourth-order valence-corrected chi connectivity index (χ4v) is 2.08. The topological polar surface area (TPSA) is 61.0 Å². The van der Waals surface area contributed by atoms with Gasteiger partial charge in [-0.1, -0.05) is 13.3 Å². The molecule has 0 bridgehead atoms. The number of H-pyrrole nitrogens is 1. The maximum atomic E-state index is 12.2. The van der Waals surface area contributed by atoms with E-state index in [1.54, 1.807) is 4.90 Å². The van der Waals surface area contributed by atoms with E-state index in [-0.39, 0.29) is 18.3 Å². The third-order valence-electron chi connectivity index (χ3n) is 3.20. The summed E-state index contributed by atoms with van der Waals surface area (Å²) in [5.74, 6) is 0.0275. The second-order valence-electron chi connectivity index (χ2n) is 4.54. The minimum Gasteiger partial charge on any atom is -0.340 e. The Balaban J connectivity index is 0.00000162. The molecule has 0 aromatic carbocycles. The summed E-state index contributed by atoms with van der Waals surface area (Å²) >= 11 is 0. The molecular weight excluding hydrogens is 252 g/mol. The molecule has 0 fully saturated rings. The van der Waals surface area contributed by atoms with Crippen molar-refractivity contribution in [3.8, 4) is 0 Å². The zero-order chi connectivity index (χ0) is 12.3. The molecule has 5 nitrogen and oxygen atoms in total. The number of halogens is 1. The molecule has 1 amide bonds. The van der Waals surface area contributed by atoms with Gasteiger partial charge in [0.15, 0.2) is 5.69 Å². The number of amides is 1. The van der Waals surface area contributed by atoms with Crippen LogP contribution < -0.4 is 5.32 Å². The monoisotopic (exact) mass is 272 g/mol. The van der Waals surface area contributed by atoms with Crippen molar-refractivity contribution < 1.29 is 4.79 Å². The summed E-state index contributed by atoms with van der Waals surface area (Å²) in [5.41, 5.74) is 2.74. The summed E-state index contributed by atoms with van der Waals surface area (Å²) in [6.07, 6.45) is 3.05.